The number of aryl methyl sites for hydroxylation is 2. The molecule has 76 valence electrons. The number of nitrogens with two attached hydrogens (primary N) is 1. The smallest absolute Gasteiger partial charge is 0.220 e. The van der Waals surface area contributed by atoms with E-state index in [0.717, 1.165) is 23.2 Å². The summed E-state index contributed by atoms with van der Waals surface area (Å²) in [7, 11) is 1.64. The van der Waals surface area contributed by atoms with Crippen molar-refractivity contribution in [1.29, 1.82) is 0 Å². The summed E-state index contributed by atoms with van der Waals surface area (Å²) in [4.78, 5) is 11.0. The SMILES string of the molecule is CNC(=O)CCc1ccc(C)c(N)c1. The van der Waals surface area contributed by atoms with Gasteiger partial charge in [-0.3, -0.25) is 4.79 Å². The highest BCUT2D eigenvalue weighted by Crippen LogP contribution is 2.13. The van der Waals surface area contributed by atoms with E-state index in [1.807, 2.05) is 25.1 Å². The van der Waals surface area contributed by atoms with Crippen LogP contribution in [0, 0.1) is 6.92 Å². The molecule has 0 atom stereocenters. The highest BCUT2D eigenvalue weighted by Gasteiger charge is 2.00. The summed E-state index contributed by atoms with van der Waals surface area (Å²) in [6.07, 6.45) is 1.25. The van der Waals surface area contributed by atoms with Crippen LogP contribution in [-0.2, 0) is 11.2 Å². The summed E-state index contributed by atoms with van der Waals surface area (Å²) in [5.41, 5.74) is 8.74. The van der Waals surface area contributed by atoms with Crippen LogP contribution >= 0.6 is 0 Å². The van der Waals surface area contributed by atoms with Crippen molar-refractivity contribution in [3.63, 3.8) is 0 Å². The van der Waals surface area contributed by atoms with Crippen molar-refractivity contribution in [3.8, 4) is 0 Å². The molecule has 0 fully saturated rings. The number of anilines is 1. The second kappa shape index (κ2) is 4.65. The van der Waals surface area contributed by atoms with Crippen LogP contribution in [0.2, 0.25) is 0 Å². The molecular formula is C11H16N2O. The van der Waals surface area contributed by atoms with E-state index in [0.29, 0.717) is 6.42 Å². The van der Waals surface area contributed by atoms with E-state index < -0.39 is 0 Å². The maximum Gasteiger partial charge on any atom is 0.220 e. The number of nitrogen functional groups attached to an aromatic ring is 1. The summed E-state index contributed by atoms with van der Waals surface area (Å²) >= 11 is 0. The molecule has 0 bridgehead atoms. The van der Waals surface area contributed by atoms with Crippen molar-refractivity contribution in [2.45, 2.75) is 19.8 Å². The zero-order valence-corrected chi connectivity index (χ0v) is 8.63. The van der Waals surface area contributed by atoms with E-state index in [1.165, 1.54) is 0 Å². The molecule has 0 aliphatic carbocycles. The van der Waals surface area contributed by atoms with Gasteiger partial charge in [-0.2, -0.15) is 0 Å². The normalized spacial score (nSPS) is 9.86. The largest absolute Gasteiger partial charge is 0.399 e. The lowest BCUT2D eigenvalue weighted by atomic mass is 10.1. The van der Waals surface area contributed by atoms with Gasteiger partial charge in [-0.25, -0.2) is 0 Å². The monoisotopic (exact) mass is 192 g/mol. The Morgan fingerprint density at radius 3 is 2.79 bits per heavy atom. The lowest BCUT2D eigenvalue weighted by molar-refractivity contribution is -0.120. The predicted molar refractivity (Wildman–Crippen MR) is 58.0 cm³/mol. The third-order valence-corrected chi connectivity index (χ3v) is 2.26. The van der Waals surface area contributed by atoms with Crippen LogP contribution in [-0.4, -0.2) is 13.0 Å². The molecule has 14 heavy (non-hydrogen) atoms. The average Bonchev–Trinajstić information content (AvgIpc) is 2.19. The predicted octanol–water partition coefficient (Wildman–Crippen LogP) is 1.26. The van der Waals surface area contributed by atoms with Gasteiger partial charge in [0.1, 0.15) is 0 Å². The Morgan fingerprint density at radius 1 is 1.50 bits per heavy atom. The molecule has 3 heteroatoms. The van der Waals surface area contributed by atoms with Gasteiger partial charge in [-0.15, -0.1) is 0 Å². The first-order valence-electron chi connectivity index (χ1n) is 4.69. The van der Waals surface area contributed by atoms with Gasteiger partial charge in [0.05, 0.1) is 0 Å². The number of hydrogen-bond acceptors (Lipinski definition) is 2. The highest BCUT2D eigenvalue weighted by molar-refractivity contribution is 5.75. The van der Waals surface area contributed by atoms with Crippen LogP contribution in [0.25, 0.3) is 0 Å². The van der Waals surface area contributed by atoms with Gasteiger partial charge >= 0.3 is 0 Å². The van der Waals surface area contributed by atoms with E-state index in [1.54, 1.807) is 7.05 Å². The van der Waals surface area contributed by atoms with Crippen LogP contribution in [0.5, 0.6) is 0 Å². The minimum atomic E-state index is 0.0594. The maximum atomic E-state index is 11.0. The zero-order valence-electron chi connectivity index (χ0n) is 8.63. The number of benzene rings is 1. The fourth-order valence-corrected chi connectivity index (χ4v) is 1.23. The number of carbonyl (C=O) groups is 1. The molecule has 1 amide bonds. The summed E-state index contributed by atoms with van der Waals surface area (Å²) in [5, 5.41) is 2.59. The second-order valence-corrected chi connectivity index (χ2v) is 3.36. The fraction of sp³-hybridized carbons (Fsp3) is 0.364. The van der Waals surface area contributed by atoms with Gasteiger partial charge < -0.3 is 11.1 Å². The molecule has 3 N–H and O–H groups in total. The van der Waals surface area contributed by atoms with Crippen LogP contribution in [0.3, 0.4) is 0 Å². The van der Waals surface area contributed by atoms with Crippen molar-refractivity contribution in [2.24, 2.45) is 0 Å². The average molecular weight is 192 g/mol. The molecule has 0 heterocycles. The summed E-state index contributed by atoms with van der Waals surface area (Å²) in [6, 6.07) is 5.92. The van der Waals surface area contributed by atoms with E-state index in [4.69, 9.17) is 5.73 Å². The molecule has 0 unspecified atom stereocenters. The van der Waals surface area contributed by atoms with Crippen molar-refractivity contribution in [1.82, 2.24) is 5.32 Å². The first-order chi connectivity index (χ1) is 6.63. The molecule has 1 rings (SSSR count). The Hall–Kier alpha value is -1.51. The summed E-state index contributed by atoms with van der Waals surface area (Å²) in [6.45, 7) is 1.97. The standard InChI is InChI=1S/C11H16N2O/c1-8-3-4-9(7-10(8)12)5-6-11(14)13-2/h3-4,7H,5-6,12H2,1-2H3,(H,13,14). The summed E-state index contributed by atoms with van der Waals surface area (Å²) in [5.74, 6) is 0.0594. The molecule has 0 spiro atoms. The fourth-order valence-electron chi connectivity index (χ4n) is 1.23. The Labute approximate surface area is 84.3 Å². The van der Waals surface area contributed by atoms with Gasteiger partial charge in [-0.1, -0.05) is 12.1 Å². The molecule has 0 saturated carbocycles. The Balaban J connectivity index is 2.60. The van der Waals surface area contributed by atoms with Crippen LogP contribution in [0.15, 0.2) is 18.2 Å². The van der Waals surface area contributed by atoms with Gasteiger partial charge in [0, 0.05) is 19.2 Å². The van der Waals surface area contributed by atoms with E-state index in [2.05, 4.69) is 5.32 Å². The first kappa shape index (κ1) is 10.6. The van der Waals surface area contributed by atoms with E-state index >= 15 is 0 Å². The van der Waals surface area contributed by atoms with Crippen molar-refractivity contribution < 1.29 is 4.79 Å². The van der Waals surface area contributed by atoms with Gasteiger partial charge in [0.25, 0.3) is 0 Å². The first-order valence-corrected chi connectivity index (χ1v) is 4.69. The van der Waals surface area contributed by atoms with Crippen molar-refractivity contribution in [2.75, 3.05) is 12.8 Å². The molecule has 0 radical (unpaired) electrons. The number of carbonyl (C=O) groups excluding carboxylic acids is 1. The molecule has 3 nitrogen and oxygen atoms in total. The topological polar surface area (TPSA) is 55.1 Å². The minimum Gasteiger partial charge on any atom is -0.399 e. The molecular weight excluding hydrogens is 176 g/mol. The number of amides is 1. The van der Waals surface area contributed by atoms with Crippen molar-refractivity contribution >= 4 is 11.6 Å². The Bertz CT molecular complexity index is 334. The lowest BCUT2D eigenvalue weighted by Crippen LogP contribution is -2.17. The van der Waals surface area contributed by atoms with Crippen LogP contribution in [0.1, 0.15) is 17.5 Å². The third-order valence-electron chi connectivity index (χ3n) is 2.26. The Kier molecular flexibility index (Phi) is 3.51. The van der Waals surface area contributed by atoms with E-state index in [-0.39, 0.29) is 5.91 Å². The molecule has 1 aromatic carbocycles. The van der Waals surface area contributed by atoms with Gasteiger partial charge in [-0.05, 0) is 30.5 Å². The summed E-state index contributed by atoms with van der Waals surface area (Å²) < 4.78 is 0. The van der Waals surface area contributed by atoms with Crippen LogP contribution in [0.4, 0.5) is 5.69 Å². The lowest BCUT2D eigenvalue weighted by Gasteiger charge is -2.04. The highest BCUT2D eigenvalue weighted by atomic mass is 16.1. The number of rotatable bonds is 3. The van der Waals surface area contributed by atoms with Crippen LogP contribution < -0.4 is 11.1 Å². The quantitative estimate of drug-likeness (QED) is 0.708. The maximum absolute atomic E-state index is 11.0. The Morgan fingerprint density at radius 2 is 2.21 bits per heavy atom. The molecule has 1 aromatic rings. The minimum absolute atomic E-state index is 0.0594. The third kappa shape index (κ3) is 2.76. The number of hydrogen-bond donors (Lipinski definition) is 2. The van der Waals surface area contributed by atoms with E-state index in [9.17, 15) is 4.79 Å². The molecule has 0 aromatic heterocycles. The van der Waals surface area contributed by atoms with Crippen molar-refractivity contribution in [3.05, 3.63) is 29.3 Å². The molecule has 0 aliphatic rings. The van der Waals surface area contributed by atoms with Gasteiger partial charge in [0.15, 0.2) is 0 Å². The van der Waals surface area contributed by atoms with Gasteiger partial charge in [0.2, 0.25) is 5.91 Å². The second-order valence-electron chi connectivity index (χ2n) is 3.36. The number of nitrogens with one attached hydrogen (secondary N) is 1. The molecule has 0 saturated heterocycles. The zero-order chi connectivity index (χ0) is 10.6. The molecule has 0 aliphatic heterocycles.